The topological polar surface area (TPSA) is 52.6 Å². The van der Waals surface area contributed by atoms with E-state index in [1.807, 2.05) is 13.8 Å². The molecule has 0 atom stereocenters. The van der Waals surface area contributed by atoms with E-state index in [0.717, 1.165) is 0 Å². The van der Waals surface area contributed by atoms with Crippen molar-refractivity contribution in [3.63, 3.8) is 0 Å². The molecular weight excluding hydrogens is 351 g/mol. The van der Waals surface area contributed by atoms with Crippen LogP contribution in [0.4, 0.5) is 0 Å². The minimum Gasteiger partial charge on any atom is -0.462 e. The van der Waals surface area contributed by atoms with E-state index in [-0.39, 0.29) is 17.2 Å². The molecule has 0 saturated heterocycles. The number of ether oxygens (including phenoxy) is 2. The minimum absolute atomic E-state index is 0.222. The van der Waals surface area contributed by atoms with Gasteiger partial charge in [0.1, 0.15) is 5.75 Å². The van der Waals surface area contributed by atoms with Crippen molar-refractivity contribution >= 4 is 35.1 Å². The van der Waals surface area contributed by atoms with Crippen LogP contribution in [0.3, 0.4) is 0 Å². The first kappa shape index (κ1) is 18.3. The Morgan fingerprint density at radius 3 is 2.25 bits per heavy atom. The van der Waals surface area contributed by atoms with Gasteiger partial charge < -0.3 is 9.47 Å². The van der Waals surface area contributed by atoms with Gasteiger partial charge in [-0.1, -0.05) is 43.1 Å². The molecule has 0 radical (unpaired) electrons. The maximum absolute atomic E-state index is 12.2. The average Bonchev–Trinajstić information content (AvgIpc) is 2.51. The number of esters is 2. The number of carbonyl (C=O) groups excluding carboxylic acids is 2. The number of hydrogen-bond donors (Lipinski definition) is 0. The Morgan fingerprint density at radius 1 is 0.958 bits per heavy atom. The van der Waals surface area contributed by atoms with Crippen LogP contribution in [0.2, 0.25) is 10.0 Å². The molecule has 0 fully saturated rings. The zero-order valence-corrected chi connectivity index (χ0v) is 14.7. The third-order valence-corrected chi connectivity index (χ3v) is 3.36. The Hall–Kier alpha value is -2.04. The summed E-state index contributed by atoms with van der Waals surface area (Å²) in [5, 5.41) is 0.668. The second-order valence-corrected chi connectivity index (χ2v) is 6.44. The van der Waals surface area contributed by atoms with Crippen LogP contribution in [0.15, 0.2) is 42.5 Å². The summed E-state index contributed by atoms with van der Waals surface area (Å²) in [6.45, 7) is 4.22. The SMILES string of the molecule is CC(C)COC(=O)c1cccc(OC(=O)c2cc(Cl)cc(Cl)c2)c1. The Labute approximate surface area is 150 Å². The summed E-state index contributed by atoms with van der Waals surface area (Å²) in [5.74, 6) is -0.614. The van der Waals surface area contributed by atoms with Gasteiger partial charge >= 0.3 is 11.9 Å². The lowest BCUT2D eigenvalue weighted by molar-refractivity contribution is 0.0457. The molecule has 0 aliphatic rings. The number of rotatable bonds is 5. The lowest BCUT2D eigenvalue weighted by Crippen LogP contribution is -2.11. The minimum atomic E-state index is -0.618. The monoisotopic (exact) mass is 366 g/mol. The van der Waals surface area contributed by atoms with Crippen molar-refractivity contribution in [1.82, 2.24) is 0 Å². The van der Waals surface area contributed by atoms with Gasteiger partial charge in [0.05, 0.1) is 17.7 Å². The molecule has 2 aromatic carbocycles. The van der Waals surface area contributed by atoms with Crippen LogP contribution in [-0.4, -0.2) is 18.5 Å². The maximum Gasteiger partial charge on any atom is 0.343 e. The predicted molar refractivity (Wildman–Crippen MR) is 93.0 cm³/mol. The molecule has 4 nitrogen and oxygen atoms in total. The zero-order valence-electron chi connectivity index (χ0n) is 13.2. The highest BCUT2D eigenvalue weighted by Gasteiger charge is 2.13. The quantitative estimate of drug-likeness (QED) is 0.550. The molecule has 0 saturated carbocycles. The molecule has 0 aliphatic carbocycles. The van der Waals surface area contributed by atoms with Crippen molar-refractivity contribution in [2.45, 2.75) is 13.8 Å². The lowest BCUT2D eigenvalue weighted by Gasteiger charge is -2.09. The first-order valence-electron chi connectivity index (χ1n) is 7.30. The zero-order chi connectivity index (χ0) is 17.7. The van der Waals surface area contributed by atoms with E-state index in [4.69, 9.17) is 32.7 Å². The van der Waals surface area contributed by atoms with Crippen LogP contribution in [0.1, 0.15) is 34.6 Å². The van der Waals surface area contributed by atoms with Crippen LogP contribution < -0.4 is 4.74 Å². The standard InChI is InChI=1S/C18H16Cl2O4/c1-11(2)10-23-17(21)12-4-3-5-16(8-12)24-18(22)13-6-14(19)9-15(20)7-13/h3-9,11H,10H2,1-2H3. The molecule has 0 N–H and O–H groups in total. The van der Waals surface area contributed by atoms with Crippen molar-refractivity contribution in [1.29, 1.82) is 0 Å². The van der Waals surface area contributed by atoms with Gasteiger partial charge in [-0.15, -0.1) is 0 Å². The average molecular weight is 367 g/mol. The highest BCUT2D eigenvalue weighted by Crippen LogP contribution is 2.21. The van der Waals surface area contributed by atoms with E-state index >= 15 is 0 Å². The van der Waals surface area contributed by atoms with Crippen LogP contribution in [0, 0.1) is 5.92 Å². The van der Waals surface area contributed by atoms with Crippen molar-refractivity contribution < 1.29 is 19.1 Å². The van der Waals surface area contributed by atoms with E-state index in [1.165, 1.54) is 24.3 Å². The second kappa shape index (κ2) is 8.18. The van der Waals surface area contributed by atoms with Gasteiger partial charge in [0, 0.05) is 10.0 Å². The largest absolute Gasteiger partial charge is 0.462 e. The second-order valence-electron chi connectivity index (χ2n) is 5.57. The van der Waals surface area contributed by atoms with Crippen molar-refractivity contribution in [2.75, 3.05) is 6.61 Å². The van der Waals surface area contributed by atoms with E-state index in [1.54, 1.807) is 18.2 Å². The van der Waals surface area contributed by atoms with Gasteiger partial charge in [0.25, 0.3) is 0 Å². The molecule has 0 amide bonds. The molecule has 0 aliphatic heterocycles. The van der Waals surface area contributed by atoms with Crippen LogP contribution in [0.25, 0.3) is 0 Å². The van der Waals surface area contributed by atoms with E-state index in [0.29, 0.717) is 22.2 Å². The van der Waals surface area contributed by atoms with E-state index in [9.17, 15) is 9.59 Å². The molecule has 0 spiro atoms. The maximum atomic E-state index is 12.2. The molecule has 126 valence electrons. The van der Waals surface area contributed by atoms with Crippen molar-refractivity contribution in [3.8, 4) is 5.75 Å². The van der Waals surface area contributed by atoms with Gasteiger partial charge in [-0.25, -0.2) is 9.59 Å². The summed E-state index contributed by atoms with van der Waals surface area (Å²) in [6.07, 6.45) is 0. The third kappa shape index (κ3) is 5.25. The third-order valence-electron chi connectivity index (χ3n) is 2.93. The van der Waals surface area contributed by atoms with Gasteiger partial charge in [-0.05, 0) is 42.3 Å². The molecule has 0 aromatic heterocycles. The van der Waals surface area contributed by atoms with Crippen molar-refractivity contribution in [3.05, 3.63) is 63.6 Å². The van der Waals surface area contributed by atoms with E-state index in [2.05, 4.69) is 0 Å². The molecule has 0 heterocycles. The highest BCUT2D eigenvalue weighted by atomic mass is 35.5. The van der Waals surface area contributed by atoms with Gasteiger partial charge in [0.2, 0.25) is 0 Å². The Bertz CT molecular complexity index is 736. The fourth-order valence-corrected chi connectivity index (χ4v) is 2.38. The van der Waals surface area contributed by atoms with Gasteiger partial charge in [0.15, 0.2) is 0 Å². The summed E-state index contributed by atoms with van der Waals surface area (Å²) >= 11 is 11.7. The van der Waals surface area contributed by atoms with Gasteiger partial charge in [-0.2, -0.15) is 0 Å². The van der Waals surface area contributed by atoms with E-state index < -0.39 is 11.9 Å². The van der Waals surface area contributed by atoms with Gasteiger partial charge in [-0.3, -0.25) is 0 Å². The summed E-state index contributed by atoms with van der Waals surface area (Å²) in [4.78, 5) is 24.1. The van der Waals surface area contributed by atoms with Crippen LogP contribution in [-0.2, 0) is 4.74 Å². The fraction of sp³-hybridized carbons (Fsp3) is 0.222. The summed E-state index contributed by atoms with van der Waals surface area (Å²) < 4.78 is 10.4. The van der Waals surface area contributed by atoms with Crippen LogP contribution in [0.5, 0.6) is 5.75 Å². The first-order valence-corrected chi connectivity index (χ1v) is 8.06. The fourth-order valence-electron chi connectivity index (χ4n) is 1.85. The molecule has 6 heteroatoms. The Balaban J connectivity index is 2.11. The molecule has 0 unspecified atom stereocenters. The Morgan fingerprint density at radius 2 is 1.62 bits per heavy atom. The van der Waals surface area contributed by atoms with Crippen LogP contribution >= 0.6 is 23.2 Å². The number of carbonyl (C=O) groups is 2. The Kier molecular flexibility index (Phi) is 6.23. The molecule has 0 bridgehead atoms. The first-order chi connectivity index (χ1) is 11.3. The highest BCUT2D eigenvalue weighted by molar-refractivity contribution is 6.35. The molecule has 2 rings (SSSR count). The number of hydrogen-bond acceptors (Lipinski definition) is 4. The molecule has 24 heavy (non-hydrogen) atoms. The predicted octanol–water partition coefficient (Wildman–Crippen LogP) is 5.03. The summed E-state index contributed by atoms with van der Waals surface area (Å²) in [7, 11) is 0. The normalized spacial score (nSPS) is 10.5. The van der Waals surface area contributed by atoms with Crippen molar-refractivity contribution in [2.24, 2.45) is 5.92 Å². The number of benzene rings is 2. The smallest absolute Gasteiger partial charge is 0.343 e. The summed E-state index contributed by atoms with van der Waals surface area (Å²) in [5.41, 5.74) is 0.533. The number of halogens is 2. The molecular formula is C18H16Cl2O4. The molecule has 2 aromatic rings. The lowest BCUT2D eigenvalue weighted by atomic mass is 10.2. The summed E-state index contributed by atoms with van der Waals surface area (Å²) in [6, 6.07) is 10.7.